The molecule has 36 heavy (non-hydrogen) atoms. The number of aliphatic hydroxyl groups excluding tert-OH is 1. The van der Waals surface area contributed by atoms with Crippen LogP contribution in [0.15, 0.2) is 23.8 Å². The highest BCUT2D eigenvalue weighted by Gasteiger charge is 2.43. The molecule has 0 aromatic heterocycles. The standard InChI is InChI=1S/C25H38O5.C4H10N2/c1-6-25(4,5)24(28)30-21-12-15(2)11-17-8-7-16(3)20(23(17)21)10-9-19-13-18(26)14-22(27)29-19;1-2-6-4-3-5-1/h7-8,11,15-16,18-21,23,26H,6,9-10,12-14H2,1-5H3;5-6H,1-4H2/t15-,16-,18+,19-,20-,21-,23-;/m1./s1. The Bertz CT molecular complexity index is 792. The zero-order valence-corrected chi connectivity index (χ0v) is 22.9. The average molecular weight is 505 g/mol. The number of allylic oxidation sites excluding steroid dienone is 3. The summed E-state index contributed by atoms with van der Waals surface area (Å²) in [5, 5.41) is 16.4. The lowest BCUT2D eigenvalue weighted by molar-refractivity contribution is -0.166. The average Bonchev–Trinajstić information content (AvgIpc) is 2.84. The molecule has 7 heteroatoms. The van der Waals surface area contributed by atoms with Crippen LogP contribution in [0, 0.1) is 29.1 Å². The molecule has 0 amide bonds. The smallest absolute Gasteiger partial charge is 0.311 e. The summed E-state index contributed by atoms with van der Waals surface area (Å²) >= 11 is 0. The van der Waals surface area contributed by atoms with E-state index in [4.69, 9.17) is 9.47 Å². The van der Waals surface area contributed by atoms with E-state index in [0.717, 1.165) is 51.9 Å². The summed E-state index contributed by atoms with van der Waals surface area (Å²) in [6, 6.07) is 0. The number of aliphatic hydroxyl groups is 1. The van der Waals surface area contributed by atoms with Gasteiger partial charge in [0, 0.05) is 38.5 Å². The first-order valence-electron chi connectivity index (χ1n) is 14.0. The van der Waals surface area contributed by atoms with Crippen molar-refractivity contribution in [2.75, 3.05) is 26.2 Å². The number of carbonyl (C=O) groups excluding carboxylic acids is 2. The van der Waals surface area contributed by atoms with E-state index in [1.807, 2.05) is 20.8 Å². The molecule has 0 radical (unpaired) electrons. The van der Waals surface area contributed by atoms with Gasteiger partial charge >= 0.3 is 11.9 Å². The van der Waals surface area contributed by atoms with Gasteiger partial charge in [0.05, 0.1) is 17.9 Å². The Labute approximate surface area is 217 Å². The van der Waals surface area contributed by atoms with Crippen LogP contribution in [-0.2, 0) is 19.1 Å². The van der Waals surface area contributed by atoms with Gasteiger partial charge in [-0.15, -0.1) is 0 Å². The van der Waals surface area contributed by atoms with Crippen molar-refractivity contribution in [2.24, 2.45) is 29.1 Å². The van der Waals surface area contributed by atoms with Crippen molar-refractivity contribution in [1.29, 1.82) is 0 Å². The molecule has 204 valence electrons. The van der Waals surface area contributed by atoms with Gasteiger partial charge in [0.25, 0.3) is 0 Å². The SMILES string of the molecule is C1CNCCN1.CCC(C)(C)C(=O)O[C@@H]1C[C@H](C)C=C2C=C[C@@H](C)[C@@H](CC[C@@H]3C[C@H](O)CC(=O)O3)[C@@H]21. The van der Waals surface area contributed by atoms with E-state index in [-0.39, 0.29) is 36.5 Å². The Morgan fingerprint density at radius 3 is 2.39 bits per heavy atom. The molecule has 0 saturated carbocycles. The van der Waals surface area contributed by atoms with Gasteiger partial charge in [-0.1, -0.05) is 39.0 Å². The molecule has 4 aliphatic rings. The maximum Gasteiger partial charge on any atom is 0.311 e. The van der Waals surface area contributed by atoms with Crippen molar-refractivity contribution in [2.45, 2.75) is 91.5 Å². The molecule has 2 aliphatic carbocycles. The summed E-state index contributed by atoms with van der Waals surface area (Å²) in [5.74, 6) is 0.776. The number of hydrogen-bond acceptors (Lipinski definition) is 7. The van der Waals surface area contributed by atoms with Gasteiger partial charge in [-0.05, 0) is 62.9 Å². The van der Waals surface area contributed by atoms with E-state index < -0.39 is 11.5 Å². The first-order chi connectivity index (χ1) is 17.1. The Morgan fingerprint density at radius 1 is 1.14 bits per heavy atom. The van der Waals surface area contributed by atoms with Crippen LogP contribution in [0.3, 0.4) is 0 Å². The van der Waals surface area contributed by atoms with Crippen LogP contribution in [-0.4, -0.2) is 61.5 Å². The van der Waals surface area contributed by atoms with Gasteiger partial charge < -0.3 is 25.2 Å². The van der Waals surface area contributed by atoms with E-state index in [9.17, 15) is 14.7 Å². The summed E-state index contributed by atoms with van der Waals surface area (Å²) in [4.78, 5) is 24.6. The van der Waals surface area contributed by atoms with E-state index in [0.29, 0.717) is 24.2 Å². The molecular formula is C29H48N2O5. The number of piperazine rings is 1. The second-order valence-electron chi connectivity index (χ2n) is 11.8. The second-order valence-corrected chi connectivity index (χ2v) is 11.8. The number of cyclic esters (lactones) is 1. The number of rotatable bonds is 6. The maximum absolute atomic E-state index is 12.9. The predicted octanol–water partition coefficient (Wildman–Crippen LogP) is 3.76. The zero-order chi connectivity index (χ0) is 26.3. The number of hydrogen-bond donors (Lipinski definition) is 3. The van der Waals surface area contributed by atoms with Gasteiger partial charge in [-0.25, -0.2) is 0 Å². The normalized spacial score (nSPS) is 34.4. The van der Waals surface area contributed by atoms with Crippen LogP contribution in [0.5, 0.6) is 0 Å². The Balaban J connectivity index is 0.000000526. The monoisotopic (exact) mass is 504 g/mol. The third kappa shape index (κ3) is 7.90. The van der Waals surface area contributed by atoms with Crippen molar-refractivity contribution in [3.05, 3.63) is 23.8 Å². The fourth-order valence-corrected chi connectivity index (χ4v) is 5.68. The van der Waals surface area contributed by atoms with Crippen molar-refractivity contribution < 1.29 is 24.2 Å². The first-order valence-corrected chi connectivity index (χ1v) is 14.0. The van der Waals surface area contributed by atoms with Crippen molar-refractivity contribution >= 4 is 11.9 Å². The van der Waals surface area contributed by atoms with E-state index >= 15 is 0 Å². The Kier molecular flexibility index (Phi) is 10.6. The number of nitrogens with one attached hydrogen (secondary N) is 2. The minimum absolute atomic E-state index is 0.0949. The fraction of sp³-hybridized carbons (Fsp3) is 0.793. The minimum Gasteiger partial charge on any atom is -0.462 e. The highest BCUT2D eigenvalue weighted by molar-refractivity contribution is 5.76. The zero-order valence-electron chi connectivity index (χ0n) is 22.9. The largest absolute Gasteiger partial charge is 0.462 e. The summed E-state index contributed by atoms with van der Waals surface area (Å²) in [5.41, 5.74) is 0.785. The molecule has 0 aromatic carbocycles. The summed E-state index contributed by atoms with van der Waals surface area (Å²) in [6.07, 6.45) is 9.61. The Hall–Kier alpha value is -1.70. The van der Waals surface area contributed by atoms with E-state index in [2.05, 4.69) is 42.7 Å². The van der Waals surface area contributed by atoms with Gasteiger partial charge in [0.1, 0.15) is 12.2 Å². The highest BCUT2D eigenvalue weighted by Crippen LogP contribution is 2.45. The second kappa shape index (κ2) is 13.2. The number of esters is 2. The van der Waals surface area contributed by atoms with Gasteiger partial charge in [0.15, 0.2) is 0 Å². The van der Waals surface area contributed by atoms with Crippen LogP contribution in [0.25, 0.3) is 0 Å². The highest BCUT2D eigenvalue weighted by atomic mass is 16.6. The molecule has 2 saturated heterocycles. The molecule has 0 bridgehead atoms. The lowest BCUT2D eigenvalue weighted by Gasteiger charge is -2.44. The van der Waals surface area contributed by atoms with Gasteiger partial charge in [-0.3, -0.25) is 9.59 Å². The van der Waals surface area contributed by atoms with Gasteiger partial charge in [-0.2, -0.15) is 0 Å². The third-order valence-electron chi connectivity index (χ3n) is 8.30. The summed E-state index contributed by atoms with van der Waals surface area (Å²) < 4.78 is 11.6. The molecule has 3 N–H and O–H groups in total. The predicted molar refractivity (Wildman–Crippen MR) is 141 cm³/mol. The van der Waals surface area contributed by atoms with Crippen molar-refractivity contribution in [3.63, 3.8) is 0 Å². The molecule has 2 aliphatic heterocycles. The molecular weight excluding hydrogens is 456 g/mol. The molecule has 7 nitrogen and oxygen atoms in total. The van der Waals surface area contributed by atoms with E-state index in [1.54, 1.807) is 0 Å². The van der Waals surface area contributed by atoms with E-state index in [1.165, 1.54) is 5.57 Å². The van der Waals surface area contributed by atoms with Gasteiger partial charge in [0.2, 0.25) is 0 Å². The fourth-order valence-electron chi connectivity index (χ4n) is 5.68. The minimum atomic E-state index is -0.601. The van der Waals surface area contributed by atoms with Crippen LogP contribution < -0.4 is 10.6 Å². The van der Waals surface area contributed by atoms with Crippen LogP contribution in [0.4, 0.5) is 0 Å². The van der Waals surface area contributed by atoms with Crippen LogP contribution in [0.1, 0.15) is 73.1 Å². The molecule has 0 spiro atoms. The topological polar surface area (TPSA) is 96.9 Å². The molecule has 4 rings (SSSR count). The third-order valence-corrected chi connectivity index (χ3v) is 8.30. The first kappa shape index (κ1) is 28.9. The van der Waals surface area contributed by atoms with Crippen molar-refractivity contribution in [1.82, 2.24) is 10.6 Å². The summed E-state index contributed by atoms with van der Waals surface area (Å²) in [7, 11) is 0. The Morgan fingerprint density at radius 2 is 1.81 bits per heavy atom. The molecule has 2 fully saturated rings. The lowest BCUT2D eigenvalue weighted by Crippen LogP contribution is -2.43. The lowest BCUT2D eigenvalue weighted by atomic mass is 9.65. The summed E-state index contributed by atoms with van der Waals surface area (Å²) in [6.45, 7) is 14.9. The van der Waals surface area contributed by atoms with Crippen molar-refractivity contribution in [3.8, 4) is 0 Å². The van der Waals surface area contributed by atoms with Crippen LogP contribution >= 0.6 is 0 Å². The molecule has 7 atom stereocenters. The number of ether oxygens (including phenoxy) is 2. The number of fused-ring (bicyclic) bond motifs is 1. The quantitative estimate of drug-likeness (QED) is 0.474. The van der Waals surface area contributed by atoms with Crippen LogP contribution in [0.2, 0.25) is 0 Å². The molecule has 2 heterocycles. The molecule has 0 aromatic rings. The maximum atomic E-state index is 12.9. The molecule has 0 unspecified atom stereocenters. The number of carbonyl (C=O) groups is 2.